The third-order valence-electron chi connectivity index (χ3n) is 4.68. The second-order valence-electron chi connectivity index (χ2n) is 6.54. The summed E-state index contributed by atoms with van der Waals surface area (Å²) in [4.78, 5) is 19.5. The number of para-hydroxylation sites is 2. The van der Waals surface area contributed by atoms with Gasteiger partial charge in [-0.15, -0.1) is 0 Å². The molecule has 1 aliphatic rings. The van der Waals surface area contributed by atoms with Crippen LogP contribution in [-0.2, 0) is 11.2 Å². The fraction of sp³-hybridized carbons (Fsp3) is 0.238. The van der Waals surface area contributed by atoms with Crippen LogP contribution in [0.5, 0.6) is 0 Å². The summed E-state index contributed by atoms with van der Waals surface area (Å²) in [5, 5.41) is 2.07. The lowest BCUT2D eigenvalue weighted by Crippen LogP contribution is -2.37. The van der Waals surface area contributed by atoms with Crippen molar-refractivity contribution in [3.8, 4) is 0 Å². The minimum atomic E-state index is 0.150. The summed E-state index contributed by atoms with van der Waals surface area (Å²) in [6.07, 6.45) is 0.930. The van der Waals surface area contributed by atoms with E-state index in [4.69, 9.17) is 4.98 Å². The van der Waals surface area contributed by atoms with Crippen molar-refractivity contribution in [1.82, 2.24) is 4.98 Å². The predicted octanol–water partition coefficient (Wildman–Crippen LogP) is 4.61. The maximum atomic E-state index is 12.8. The van der Waals surface area contributed by atoms with Crippen LogP contribution in [0.3, 0.4) is 0 Å². The van der Waals surface area contributed by atoms with Gasteiger partial charge in [-0.05, 0) is 49.6 Å². The Morgan fingerprint density at radius 3 is 2.84 bits per heavy atom. The fourth-order valence-corrected chi connectivity index (χ4v) is 4.34. The van der Waals surface area contributed by atoms with Gasteiger partial charge in [0.05, 0.1) is 11.3 Å². The SMILES string of the molecule is Cc1cc2ccccc2nc1SCC(=O)N1c2ccccc2C[C@H]1C. The maximum absolute atomic E-state index is 12.8. The van der Waals surface area contributed by atoms with Crippen molar-refractivity contribution in [3.05, 3.63) is 65.7 Å². The van der Waals surface area contributed by atoms with Crippen molar-refractivity contribution in [2.75, 3.05) is 10.7 Å². The molecule has 4 heteroatoms. The third-order valence-corrected chi connectivity index (χ3v) is 5.75. The summed E-state index contributed by atoms with van der Waals surface area (Å²) in [7, 11) is 0. The van der Waals surface area contributed by atoms with Gasteiger partial charge in [0.25, 0.3) is 0 Å². The van der Waals surface area contributed by atoms with E-state index in [1.54, 1.807) is 0 Å². The van der Waals surface area contributed by atoms with Crippen LogP contribution in [0.1, 0.15) is 18.1 Å². The molecule has 1 amide bonds. The second kappa shape index (κ2) is 6.52. The number of anilines is 1. The molecular formula is C21H20N2OS. The molecule has 0 N–H and O–H groups in total. The van der Waals surface area contributed by atoms with E-state index in [-0.39, 0.29) is 11.9 Å². The van der Waals surface area contributed by atoms with Gasteiger partial charge in [-0.25, -0.2) is 4.98 Å². The van der Waals surface area contributed by atoms with Crippen molar-refractivity contribution in [3.63, 3.8) is 0 Å². The van der Waals surface area contributed by atoms with E-state index in [0.29, 0.717) is 5.75 Å². The van der Waals surface area contributed by atoms with E-state index in [9.17, 15) is 4.79 Å². The van der Waals surface area contributed by atoms with Gasteiger partial charge < -0.3 is 4.90 Å². The van der Waals surface area contributed by atoms with E-state index in [0.717, 1.165) is 33.6 Å². The molecule has 0 saturated carbocycles. The Balaban J connectivity index is 1.54. The number of nitrogens with zero attached hydrogens (tertiary/aromatic N) is 2. The van der Waals surface area contributed by atoms with Gasteiger partial charge in [-0.2, -0.15) is 0 Å². The van der Waals surface area contributed by atoms with Crippen molar-refractivity contribution in [2.45, 2.75) is 31.3 Å². The summed E-state index contributed by atoms with van der Waals surface area (Å²) >= 11 is 1.53. The number of thioether (sulfide) groups is 1. The average molecular weight is 348 g/mol. The van der Waals surface area contributed by atoms with Crippen LogP contribution >= 0.6 is 11.8 Å². The smallest absolute Gasteiger partial charge is 0.237 e. The van der Waals surface area contributed by atoms with E-state index in [1.807, 2.05) is 41.3 Å². The highest BCUT2D eigenvalue weighted by Gasteiger charge is 2.30. The zero-order valence-electron chi connectivity index (χ0n) is 14.4. The molecule has 1 atom stereocenters. The molecule has 3 nitrogen and oxygen atoms in total. The number of carbonyl (C=O) groups excluding carboxylic acids is 1. The largest absolute Gasteiger partial charge is 0.308 e. The van der Waals surface area contributed by atoms with Gasteiger partial charge in [0, 0.05) is 17.1 Å². The quantitative estimate of drug-likeness (QED) is 0.648. The van der Waals surface area contributed by atoms with Crippen LogP contribution in [-0.4, -0.2) is 22.7 Å². The number of rotatable bonds is 3. The standard InChI is InChI=1S/C21H20N2OS/c1-14-11-16-7-3-5-9-18(16)22-21(14)25-13-20(24)23-15(2)12-17-8-4-6-10-19(17)23/h3-11,15H,12-13H2,1-2H3/t15-/m1/s1. The Labute approximate surface area is 152 Å². The minimum absolute atomic E-state index is 0.150. The first-order valence-electron chi connectivity index (χ1n) is 8.52. The lowest BCUT2D eigenvalue weighted by Gasteiger charge is -2.22. The second-order valence-corrected chi connectivity index (χ2v) is 7.50. The number of hydrogen-bond donors (Lipinski definition) is 0. The highest BCUT2D eigenvalue weighted by molar-refractivity contribution is 8.00. The number of aromatic nitrogens is 1. The zero-order valence-corrected chi connectivity index (χ0v) is 15.2. The summed E-state index contributed by atoms with van der Waals surface area (Å²) in [5.41, 5.74) is 4.41. The molecule has 2 aromatic carbocycles. The normalized spacial score (nSPS) is 16.2. The van der Waals surface area contributed by atoms with Gasteiger partial charge in [0.15, 0.2) is 0 Å². The molecule has 4 rings (SSSR count). The van der Waals surface area contributed by atoms with E-state index in [1.165, 1.54) is 17.3 Å². The fourth-order valence-electron chi connectivity index (χ4n) is 3.50. The molecule has 1 aromatic heterocycles. The first-order chi connectivity index (χ1) is 12.1. The van der Waals surface area contributed by atoms with Crippen LogP contribution in [0, 0.1) is 6.92 Å². The van der Waals surface area contributed by atoms with Gasteiger partial charge >= 0.3 is 0 Å². The molecule has 0 unspecified atom stereocenters. The Morgan fingerprint density at radius 2 is 1.96 bits per heavy atom. The van der Waals surface area contributed by atoms with Crippen LogP contribution in [0.25, 0.3) is 10.9 Å². The molecule has 0 spiro atoms. The van der Waals surface area contributed by atoms with Gasteiger partial charge in [-0.3, -0.25) is 4.79 Å². The Hall–Kier alpha value is -2.33. The van der Waals surface area contributed by atoms with Gasteiger partial charge in [-0.1, -0.05) is 48.2 Å². The topological polar surface area (TPSA) is 33.2 Å². The average Bonchev–Trinajstić information content (AvgIpc) is 2.95. The third kappa shape index (κ3) is 3.02. The lowest BCUT2D eigenvalue weighted by molar-refractivity contribution is -0.116. The predicted molar refractivity (Wildman–Crippen MR) is 104 cm³/mol. The Bertz CT molecular complexity index is 954. The van der Waals surface area contributed by atoms with E-state index < -0.39 is 0 Å². The molecule has 3 aromatic rings. The first kappa shape index (κ1) is 16.2. The Kier molecular flexibility index (Phi) is 4.22. The molecule has 0 aliphatic carbocycles. The summed E-state index contributed by atoms with van der Waals surface area (Å²) in [6.45, 7) is 4.17. The molecule has 25 heavy (non-hydrogen) atoms. The van der Waals surface area contributed by atoms with Gasteiger partial charge in [0.1, 0.15) is 5.03 Å². The number of amides is 1. The number of carbonyl (C=O) groups is 1. The molecule has 0 bridgehead atoms. The molecule has 0 fully saturated rings. The number of benzene rings is 2. The van der Waals surface area contributed by atoms with E-state index in [2.05, 4.69) is 32.0 Å². The first-order valence-corrected chi connectivity index (χ1v) is 9.51. The number of fused-ring (bicyclic) bond motifs is 2. The maximum Gasteiger partial charge on any atom is 0.237 e. The van der Waals surface area contributed by atoms with Crippen molar-refractivity contribution < 1.29 is 4.79 Å². The van der Waals surface area contributed by atoms with Crippen molar-refractivity contribution in [2.24, 2.45) is 0 Å². The summed E-state index contributed by atoms with van der Waals surface area (Å²) < 4.78 is 0. The molecular weight excluding hydrogens is 328 g/mol. The molecule has 2 heterocycles. The van der Waals surface area contributed by atoms with Crippen LogP contribution in [0.15, 0.2) is 59.6 Å². The number of aryl methyl sites for hydroxylation is 1. The number of hydrogen-bond acceptors (Lipinski definition) is 3. The highest BCUT2D eigenvalue weighted by atomic mass is 32.2. The molecule has 126 valence electrons. The summed E-state index contributed by atoms with van der Waals surface area (Å²) in [6, 6.07) is 18.6. The van der Waals surface area contributed by atoms with Crippen LogP contribution < -0.4 is 4.90 Å². The van der Waals surface area contributed by atoms with Crippen molar-refractivity contribution >= 4 is 34.3 Å². The minimum Gasteiger partial charge on any atom is -0.308 e. The highest BCUT2D eigenvalue weighted by Crippen LogP contribution is 2.33. The lowest BCUT2D eigenvalue weighted by atomic mass is 10.1. The van der Waals surface area contributed by atoms with Gasteiger partial charge in [0.2, 0.25) is 5.91 Å². The summed E-state index contributed by atoms with van der Waals surface area (Å²) in [5.74, 6) is 0.557. The molecule has 0 radical (unpaired) electrons. The van der Waals surface area contributed by atoms with Crippen LogP contribution in [0.4, 0.5) is 5.69 Å². The Morgan fingerprint density at radius 1 is 1.20 bits per heavy atom. The van der Waals surface area contributed by atoms with Crippen LogP contribution in [0.2, 0.25) is 0 Å². The monoisotopic (exact) mass is 348 g/mol. The van der Waals surface area contributed by atoms with E-state index >= 15 is 0 Å². The van der Waals surface area contributed by atoms with Crippen molar-refractivity contribution in [1.29, 1.82) is 0 Å². The zero-order chi connectivity index (χ0) is 17.4. The molecule has 1 aliphatic heterocycles. The molecule has 0 saturated heterocycles. The number of pyridine rings is 1.